The number of rotatable bonds is 5. The van der Waals surface area contributed by atoms with E-state index in [-0.39, 0.29) is 0 Å². The summed E-state index contributed by atoms with van der Waals surface area (Å²) in [5.41, 5.74) is 2.12. The zero-order valence-corrected chi connectivity index (χ0v) is 12.8. The maximum absolute atomic E-state index is 6.03. The van der Waals surface area contributed by atoms with Gasteiger partial charge in [0.2, 0.25) is 0 Å². The van der Waals surface area contributed by atoms with Crippen LogP contribution in [-0.2, 0) is 13.2 Å². The number of benzene rings is 1. The molecule has 0 saturated heterocycles. The third-order valence-corrected chi connectivity index (χ3v) is 3.58. The third-order valence-electron chi connectivity index (χ3n) is 2.62. The van der Waals surface area contributed by atoms with Gasteiger partial charge in [0, 0.05) is 24.5 Å². The van der Waals surface area contributed by atoms with E-state index in [4.69, 9.17) is 16.3 Å². The van der Waals surface area contributed by atoms with Crippen molar-refractivity contribution in [2.24, 2.45) is 0 Å². The Kier molecular flexibility index (Phi) is 5.19. The van der Waals surface area contributed by atoms with Gasteiger partial charge in [-0.1, -0.05) is 17.7 Å². The number of hydrogen-bond acceptors (Lipinski definition) is 3. The fraction of sp³-hybridized carbons (Fsp3) is 0.214. The summed E-state index contributed by atoms with van der Waals surface area (Å²) >= 11 is 9.55. The molecule has 0 bridgehead atoms. The van der Waals surface area contributed by atoms with Crippen molar-refractivity contribution in [3.8, 4) is 5.75 Å². The maximum Gasteiger partial charge on any atom is 0.134 e. The van der Waals surface area contributed by atoms with Gasteiger partial charge in [0.15, 0.2) is 0 Å². The average Bonchev–Trinajstić information content (AvgIpc) is 2.40. The van der Waals surface area contributed by atoms with Crippen molar-refractivity contribution in [3.63, 3.8) is 0 Å². The van der Waals surface area contributed by atoms with Crippen molar-refractivity contribution in [1.29, 1.82) is 0 Å². The smallest absolute Gasteiger partial charge is 0.134 e. The summed E-state index contributed by atoms with van der Waals surface area (Å²) in [5.74, 6) is 0.799. The van der Waals surface area contributed by atoms with Gasteiger partial charge >= 0.3 is 0 Å². The van der Waals surface area contributed by atoms with Crippen LogP contribution in [0.25, 0.3) is 0 Å². The van der Waals surface area contributed by atoms with E-state index in [9.17, 15) is 0 Å². The number of nitrogens with one attached hydrogen (secondary N) is 1. The highest BCUT2D eigenvalue weighted by Gasteiger charge is 2.05. The van der Waals surface area contributed by atoms with E-state index in [1.807, 2.05) is 31.3 Å². The van der Waals surface area contributed by atoms with Crippen LogP contribution in [0, 0.1) is 0 Å². The van der Waals surface area contributed by atoms with Gasteiger partial charge < -0.3 is 10.1 Å². The first kappa shape index (κ1) is 14.3. The van der Waals surface area contributed by atoms with Gasteiger partial charge in [0.05, 0.1) is 9.50 Å². The normalized spacial score (nSPS) is 10.5. The maximum atomic E-state index is 6.03. The molecule has 2 aromatic rings. The van der Waals surface area contributed by atoms with Crippen molar-refractivity contribution in [2.45, 2.75) is 13.2 Å². The van der Waals surface area contributed by atoms with Crippen molar-refractivity contribution in [3.05, 3.63) is 57.3 Å². The molecule has 0 amide bonds. The first-order chi connectivity index (χ1) is 9.20. The number of aromatic nitrogens is 1. The molecule has 0 fully saturated rings. The summed E-state index contributed by atoms with van der Waals surface area (Å²) in [4.78, 5) is 3.95. The Morgan fingerprint density at radius 3 is 2.89 bits per heavy atom. The minimum absolute atomic E-state index is 0.422. The largest absolute Gasteiger partial charge is 0.488 e. The fourth-order valence-corrected chi connectivity index (χ4v) is 2.37. The molecule has 1 aromatic carbocycles. The molecule has 0 radical (unpaired) electrons. The topological polar surface area (TPSA) is 34.1 Å². The van der Waals surface area contributed by atoms with Crippen LogP contribution in [0.4, 0.5) is 0 Å². The molecule has 1 N–H and O–H groups in total. The molecule has 0 unspecified atom stereocenters. The quantitative estimate of drug-likeness (QED) is 0.898. The molecule has 1 aromatic heterocycles. The molecule has 0 aliphatic heterocycles. The number of pyridine rings is 1. The first-order valence-corrected chi connectivity index (χ1v) is 7.02. The molecule has 5 heteroatoms. The lowest BCUT2D eigenvalue weighted by Crippen LogP contribution is -2.05. The molecule has 3 nitrogen and oxygen atoms in total. The molecule has 0 atom stereocenters. The van der Waals surface area contributed by atoms with Gasteiger partial charge in [-0.3, -0.25) is 4.98 Å². The Bertz CT molecular complexity index is 563. The van der Waals surface area contributed by atoms with Gasteiger partial charge in [0.1, 0.15) is 12.4 Å². The second-order valence-corrected chi connectivity index (χ2v) is 5.31. The number of nitrogens with zero attached hydrogens (tertiary/aromatic N) is 1. The van der Waals surface area contributed by atoms with E-state index in [1.165, 1.54) is 5.56 Å². The van der Waals surface area contributed by atoms with Crippen LogP contribution >= 0.6 is 27.5 Å². The second-order valence-electron chi connectivity index (χ2n) is 4.05. The predicted octanol–water partition coefficient (Wildman–Crippen LogP) is 3.80. The van der Waals surface area contributed by atoms with Crippen molar-refractivity contribution in [1.82, 2.24) is 10.3 Å². The van der Waals surface area contributed by atoms with Crippen LogP contribution in [0.3, 0.4) is 0 Å². The molecule has 19 heavy (non-hydrogen) atoms. The standard InChI is InChI=1S/C14H14BrClN2O/c1-17-7-10-2-3-14(12(15)6-10)19-9-11-4-5-18-8-13(11)16/h2-6,8,17H,7,9H2,1H3. The molecule has 100 valence electrons. The Labute approximate surface area is 126 Å². The van der Waals surface area contributed by atoms with Crippen LogP contribution in [-0.4, -0.2) is 12.0 Å². The molecule has 2 rings (SSSR count). The molecular formula is C14H14BrClN2O. The lowest BCUT2D eigenvalue weighted by atomic mass is 10.2. The molecular weight excluding hydrogens is 328 g/mol. The Hall–Kier alpha value is -1.10. The fourth-order valence-electron chi connectivity index (χ4n) is 1.65. The van der Waals surface area contributed by atoms with E-state index in [1.54, 1.807) is 12.4 Å². The van der Waals surface area contributed by atoms with E-state index in [0.29, 0.717) is 11.6 Å². The molecule has 0 aliphatic rings. The molecule has 1 heterocycles. The Morgan fingerprint density at radius 1 is 1.37 bits per heavy atom. The SMILES string of the molecule is CNCc1ccc(OCc2ccncc2Cl)c(Br)c1. The van der Waals surface area contributed by atoms with Crippen LogP contribution in [0.5, 0.6) is 5.75 Å². The van der Waals surface area contributed by atoms with E-state index in [0.717, 1.165) is 22.3 Å². The monoisotopic (exact) mass is 340 g/mol. The molecule has 0 spiro atoms. The first-order valence-electron chi connectivity index (χ1n) is 5.85. The van der Waals surface area contributed by atoms with Gasteiger partial charge in [0.25, 0.3) is 0 Å². The van der Waals surface area contributed by atoms with Crippen molar-refractivity contribution < 1.29 is 4.74 Å². The minimum atomic E-state index is 0.422. The predicted molar refractivity (Wildman–Crippen MR) is 80.5 cm³/mol. The van der Waals surface area contributed by atoms with Crippen LogP contribution in [0.2, 0.25) is 5.02 Å². The number of hydrogen-bond donors (Lipinski definition) is 1. The second kappa shape index (κ2) is 6.89. The zero-order valence-electron chi connectivity index (χ0n) is 10.5. The lowest BCUT2D eigenvalue weighted by Gasteiger charge is -2.10. The van der Waals surface area contributed by atoms with Crippen LogP contribution in [0.1, 0.15) is 11.1 Å². The lowest BCUT2D eigenvalue weighted by molar-refractivity contribution is 0.304. The van der Waals surface area contributed by atoms with Gasteiger partial charge in [-0.25, -0.2) is 0 Å². The number of halogens is 2. The summed E-state index contributed by atoms with van der Waals surface area (Å²) < 4.78 is 6.69. The summed E-state index contributed by atoms with van der Waals surface area (Å²) in [5, 5.41) is 3.73. The van der Waals surface area contributed by atoms with Gasteiger partial charge in [-0.15, -0.1) is 0 Å². The summed E-state index contributed by atoms with van der Waals surface area (Å²) in [7, 11) is 1.92. The highest BCUT2D eigenvalue weighted by Crippen LogP contribution is 2.27. The van der Waals surface area contributed by atoms with Crippen molar-refractivity contribution in [2.75, 3.05) is 7.05 Å². The van der Waals surface area contributed by atoms with Crippen molar-refractivity contribution >= 4 is 27.5 Å². The van der Waals surface area contributed by atoms with Gasteiger partial charge in [-0.2, -0.15) is 0 Å². The summed E-state index contributed by atoms with van der Waals surface area (Å²) in [6.45, 7) is 1.25. The minimum Gasteiger partial charge on any atom is -0.488 e. The van der Waals surface area contributed by atoms with E-state index >= 15 is 0 Å². The van der Waals surface area contributed by atoms with E-state index < -0.39 is 0 Å². The highest BCUT2D eigenvalue weighted by molar-refractivity contribution is 9.10. The third kappa shape index (κ3) is 3.93. The molecule has 0 aliphatic carbocycles. The average molecular weight is 342 g/mol. The number of ether oxygens (including phenoxy) is 1. The van der Waals surface area contributed by atoms with Crippen LogP contribution in [0.15, 0.2) is 41.1 Å². The Morgan fingerprint density at radius 2 is 2.21 bits per heavy atom. The van der Waals surface area contributed by atoms with Crippen LogP contribution < -0.4 is 10.1 Å². The molecule has 0 saturated carbocycles. The van der Waals surface area contributed by atoms with Gasteiger partial charge in [-0.05, 0) is 46.7 Å². The summed E-state index contributed by atoms with van der Waals surface area (Å²) in [6, 6.07) is 7.88. The Balaban J connectivity index is 2.06. The highest BCUT2D eigenvalue weighted by atomic mass is 79.9. The summed E-state index contributed by atoms with van der Waals surface area (Å²) in [6.07, 6.45) is 3.32. The van der Waals surface area contributed by atoms with E-state index in [2.05, 4.69) is 26.2 Å². The zero-order chi connectivity index (χ0) is 13.7.